The number of fused-ring (bicyclic) bond motifs is 1. The maximum absolute atomic E-state index is 5.47. The van der Waals surface area contributed by atoms with E-state index >= 15 is 0 Å². The Kier molecular flexibility index (Phi) is 3.06. The van der Waals surface area contributed by atoms with E-state index in [9.17, 15) is 0 Å². The van der Waals surface area contributed by atoms with E-state index in [1.54, 1.807) is 0 Å². The molecule has 3 N–H and O–H groups in total. The molecule has 0 unspecified atom stereocenters. The predicted octanol–water partition coefficient (Wildman–Crippen LogP) is 2.22. The van der Waals surface area contributed by atoms with Gasteiger partial charge in [-0.05, 0) is 37.6 Å². The molecule has 0 amide bonds. The van der Waals surface area contributed by atoms with Crippen LogP contribution in [-0.4, -0.2) is 18.1 Å². The van der Waals surface area contributed by atoms with Crippen LogP contribution in [-0.2, 0) is 0 Å². The topological polar surface area (TPSA) is 50.9 Å². The zero-order valence-corrected chi connectivity index (χ0v) is 9.75. The van der Waals surface area contributed by atoms with Gasteiger partial charge in [0.2, 0.25) is 0 Å². The average Bonchev–Trinajstić information content (AvgIpc) is 2.26. The third-order valence-electron chi connectivity index (χ3n) is 2.60. The van der Waals surface area contributed by atoms with Gasteiger partial charge in [-0.25, -0.2) is 4.98 Å². The summed E-state index contributed by atoms with van der Waals surface area (Å²) in [4.78, 5) is 4.59. The number of benzene rings is 1. The summed E-state index contributed by atoms with van der Waals surface area (Å²) in [7, 11) is 0. The summed E-state index contributed by atoms with van der Waals surface area (Å²) >= 11 is 0. The molecule has 3 heteroatoms. The van der Waals surface area contributed by atoms with Gasteiger partial charge in [-0.1, -0.05) is 11.6 Å². The minimum atomic E-state index is 0.618. The monoisotopic (exact) mass is 215 g/mol. The van der Waals surface area contributed by atoms with Crippen LogP contribution in [0.2, 0.25) is 0 Å². The number of aromatic nitrogens is 1. The molecule has 0 bridgehead atoms. The minimum Gasteiger partial charge on any atom is -0.369 e. The van der Waals surface area contributed by atoms with Crippen molar-refractivity contribution in [3.05, 3.63) is 35.4 Å². The summed E-state index contributed by atoms with van der Waals surface area (Å²) in [5, 5.41) is 4.42. The van der Waals surface area contributed by atoms with Gasteiger partial charge in [0, 0.05) is 18.5 Å². The average molecular weight is 215 g/mol. The number of nitrogens with zero attached hydrogens (tertiary/aromatic N) is 1. The Balaban J connectivity index is 2.45. The van der Waals surface area contributed by atoms with Gasteiger partial charge >= 0.3 is 0 Å². The first kappa shape index (κ1) is 10.9. The zero-order chi connectivity index (χ0) is 11.5. The number of hydrogen-bond donors (Lipinski definition) is 2. The maximum atomic E-state index is 5.47. The van der Waals surface area contributed by atoms with Crippen molar-refractivity contribution in [1.29, 1.82) is 0 Å². The minimum absolute atomic E-state index is 0.618. The fourth-order valence-corrected chi connectivity index (χ4v) is 1.77. The summed E-state index contributed by atoms with van der Waals surface area (Å²) in [6.07, 6.45) is 0. The Morgan fingerprint density at radius 3 is 2.81 bits per heavy atom. The van der Waals surface area contributed by atoms with Crippen LogP contribution in [0.5, 0.6) is 0 Å². The SMILES string of the molecule is Cc1ccc2nc(NCCN)c(C)cc2c1. The van der Waals surface area contributed by atoms with E-state index in [-0.39, 0.29) is 0 Å². The normalized spacial score (nSPS) is 10.7. The molecule has 3 nitrogen and oxygen atoms in total. The summed E-state index contributed by atoms with van der Waals surface area (Å²) in [6.45, 7) is 5.53. The lowest BCUT2D eigenvalue weighted by atomic mass is 10.1. The van der Waals surface area contributed by atoms with Crippen LogP contribution in [0.25, 0.3) is 10.9 Å². The van der Waals surface area contributed by atoms with E-state index < -0.39 is 0 Å². The van der Waals surface area contributed by atoms with Gasteiger partial charge in [0.25, 0.3) is 0 Å². The zero-order valence-electron chi connectivity index (χ0n) is 9.75. The van der Waals surface area contributed by atoms with Gasteiger partial charge in [-0.15, -0.1) is 0 Å². The number of rotatable bonds is 3. The molecule has 2 rings (SSSR count). The first-order valence-corrected chi connectivity index (χ1v) is 5.52. The summed E-state index contributed by atoms with van der Waals surface area (Å²) < 4.78 is 0. The molecule has 84 valence electrons. The van der Waals surface area contributed by atoms with Crippen LogP contribution < -0.4 is 11.1 Å². The highest BCUT2D eigenvalue weighted by Gasteiger charge is 2.02. The maximum Gasteiger partial charge on any atom is 0.129 e. The quantitative estimate of drug-likeness (QED) is 0.825. The molecule has 1 heterocycles. The predicted molar refractivity (Wildman–Crippen MR) is 68.8 cm³/mol. The van der Waals surface area contributed by atoms with E-state index in [2.05, 4.69) is 48.4 Å². The first-order chi connectivity index (χ1) is 7.70. The summed E-state index contributed by atoms with van der Waals surface area (Å²) in [6, 6.07) is 8.45. The highest BCUT2D eigenvalue weighted by Crippen LogP contribution is 2.20. The lowest BCUT2D eigenvalue weighted by Gasteiger charge is -2.09. The fraction of sp³-hybridized carbons (Fsp3) is 0.308. The van der Waals surface area contributed by atoms with Crippen LogP contribution in [0.3, 0.4) is 0 Å². The van der Waals surface area contributed by atoms with Crippen molar-refractivity contribution >= 4 is 16.7 Å². The lowest BCUT2D eigenvalue weighted by molar-refractivity contribution is 1.01. The molecule has 1 aromatic carbocycles. The molecule has 0 atom stereocenters. The first-order valence-electron chi connectivity index (χ1n) is 5.52. The highest BCUT2D eigenvalue weighted by atomic mass is 15.0. The second kappa shape index (κ2) is 4.49. The Morgan fingerprint density at radius 2 is 2.06 bits per heavy atom. The molecular weight excluding hydrogens is 198 g/mol. The van der Waals surface area contributed by atoms with Crippen molar-refractivity contribution in [2.75, 3.05) is 18.4 Å². The van der Waals surface area contributed by atoms with Gasteiger partial charge in [0.1, 0.15) is 5.82 Å². The summed E-state index contributed by atoms with van der Waals surface area (Å²) in [5.41, 5.74) is 8.91. The van der Waals surface area contributed by atoms with Crippen LogP contribution in [0.4, 0.5) is 5.82 Å². The number of anilines is 1. The number of hydrogen-bond acceptors (Lipinski definition) is 3. The molecule has 0 radical (unpaired) electrons. The lowest BCUT2D eigenvalue weighted by Crippen LogP contribution is -2.14. The summed E-state index contributed by atoms with van der Waals surface area (Å²) in [5.74, 6) is 0.932. The Labute approximate surface area is 95.7 Å². The molecule has 2 aromatic rings. The Morgan fingerprint density at radius 1 is 1.25 bits per heavy atom. The number of aryl methyl sites for hydroxylation is 2. The highest BCUT2D eigenvalue weighted by molar-refractivity contribution is 5.82. The van der Waals surface area contributed by atoms with Crippen molar-refractivity contribution in [2.45, 2.75) is 13.8 Å². The number of nitrogens with two attached hydrogens (primary N) is 1. The Hall–Kier alpha value is -1.61. The van der Waals surface area contributed by atoms with E-state index in [1.807, 2.05) is 0 Å². The molecule has 0 aliphatic rings. The van der Waals surface area contributed by atoms with Crippen molar-refractivity contribution < 1.29 is 0 Å². The van der Waals surface area contributed by atoms with Crippen LogP contribution in [0.1, 0.15) is 11.1 Å². The molecule has 0 aliphatic carbocycles. The van der Waals surface area contributed by atoms with Gasteiger partial charge < -0.3 is 11.1 Å². The van der Waals surface area contributed by atoms with E-state index in [1.165, 1.54) is 10.9 Å². The molecule has 0 spiro atoms. The largest absolute Gasteiger partial charge is 0.369 e. The van der Waals surface area contributed by atoms with E-state index in [0.29, 0.717) is 6.54 Å². The van der Waals surface area contributed by atoms with E-state index in [4.69, 9.17) is 5.73 Å². The third kappa shape index (κ3) is 2.14. The van der Waals surface area contributed by atoms with E-state index in [0.717, 1.165) is 23.4 Å². The van der Waals surface area contributed by atoms with Crippen molar-refractivity contribution in [3.8, 4) is 0 Å². The molecule has 1 aromatic heterocycles. The molecule has 0 fully saturated rings. The van der Waals surface area contributed by atoms with Crippen molar-refractivity contribution in [2.24, 2.45) is 5.73 Å². The van der Waals surface area contributed by atoms with Gasteiger partial charge in [0.05, 0.1) is 5.52 Å². The molecule has 0 saturated carbocycles. The fourth-order valence-electron chi connectivity index (χ4n) is 1.77. The smallest absolute Gasteiger partial charge is 0.129 e. The number of pyridine rings is 1. The van der Waals surface area contributed by atoms with Crippen LogP contribution >= 0.6 is 0 Å². The standard InChI is InChI=1S/C13H17N3/c1-9-3-4-12-11(7-9)8-10(2)13(16-12)15-6-5-14/h3-4,7-8H,5-6,14H2,1-2H3,(H,15,16). The van der Waals surface area contributed by atoms with Gasteiger partial charge in [-0.2, -0.15) is 0 Å². The second-order valence-corrected chi connectivity index (χ2v) is 4.07. The van der Waals surface area contributed by atoms with Crippen molar-refractivity contribution in [1.82, 2.24) is 4.98 Å². The second-order valence-electron chi connectivity index (χ2n) is 4.07. The van der Waals surface area contributed by atoms with Crippen LogP contribution in [0.15, 0.2) is 24.3 Å². The van der Waals surface area contributed by atoms with Gasteiger partial charge in [0.15, 0.2) is 0 Å². The molecule has 0 saturated heterocycles. The van der Waals surface area contributed by atoms with Crippen LogP contribution in [0, 0.1) is 13.8 Å². The molecular formula is C13H17N3. The van der Waals surface area contributed by atoms with Gasteiger partial charge in [-0.3, -0.25) is 0 Å². The molecule has 16 heavy (non-hydrogen) atoms. The third-order valence-corrected chi connectivity index (χ3v) is 2.60. The molecule has 0 aliphatic heterocycles. The van der Waals surface area contributed by atoms with Crippen molar-refractivity contribution in [3.63, 3.8) is 0 Å². The number of nitrogens with one attached hydrogen (secondary N) is 1. The Bertz CT molecular complexity index is 506.